The van der Waals surface area contributed by atoms with Crippen LogP contribution in [0, 0.1) is 6.92 Å². The van der Waals surface area contributed by atoms with Crippen molar-refractivity contribution in [3.63, 3.8) is 0 Å². The number of aromatic nitrogens is 2. The van der Waals surface area contributed by atoms with Gasteiger partial charge in [0.25, 0.3) is 5.91 Å². The van der Waals surface area contributed by atoms with E-state index in [2.05, 4.69) is 110 Å². The van der Waals surface area contributed by atoms with Crippen LogP contribution in [0.15, 0.2) is 72.9 Å². The molecule has 0 saturated carbocycles. The van der Waals surface area contributed by atoms with Crippen molar-refractivity contribution >= 4 is 34.6 Å². The van der Waals surface area contributed by atoms with Crippen molar-refractivity contribution in [2.45, 2.75) is 26.4 Å². The van der Waals surface area contributed by atoms with Crippen molar-refractivity contribution in [2.75, 3.05) is 93.4 Å². The Morgan fingerprint density at radius 1 is 0.771 bits per heavy atom. The summed E-state index contributed by atoms with van der Waals surface area (Å²) in [6.45, 7) is 13.3. The third-order valence-corrected chi connectivity index (χ3v) is 9.95. The monoisotopic (exact) mass is 645 g/mol. The summed E-state index contributed by atoms with van der Waals surface area (Å²) >= 11 is 0. The van der Waals surface area contributed by atoms with E-state index in [1.165, 1.54) is 16.8 Å². The molecular formula is C38H47N9O. The van der Waals surface area contributed by atoms with Gasteiger partial charge in [-0.25, -0.2) is 9.97 Å². The van der Waals surface area contributed by atoms with Crippen LogP contribution >= 0.6 is 0 Å². The summed E-state index contributed by atoms with van der Waals surface area (Å²) in [7, 11) is 4.35. The zero-order valence-electron chi connectivity index (χ0n) is 28.5. The van der Waals surface area contributed by atoms with Crippen LogP contribution in [0.5, 0.6) is 0 Å². The molecular weight excluding hydrogens is 598 g/mol. The van der Waals surface area contributed by atoms with Gasteiger partial charge in [-0.05, 0) is 80.7 Å². The SMILES string of the molecule is Cc1ccc(NC(=O)c2ccc(CN3CCN(C)CC3)cc2)cc1N1CCc2nc(Nc3ccc(N4CCN(C)CC4)cc3)ncc2C1. The lowest BCUT2D eigenvalue weighted by Crippen LogP contribution is -2.44. The number of carbonyl (C=O) groups is 1. The average Bonchev–Trinajstić information content (AvgIpc) is 3.11. The average molecular weight is 646 g/mol. The fraction of sp³-hybridized carbons (Fsp3) is 0.395. The molecule has 4 heterocycles. The molecule has 0 bridgehead atoms. The van der Waals surface area contributed by atoms with Crippen LogP contribution in [-0.2, 0) is 19.5 Å². The molecule has 10 nitrogen and oxygen atoms in total. The van der Waals surface area contributed by atoms with E-state index in [0.29, 0.717) is 11.5 Å². The molecule has 0 atom stereocenters. The molecule has 7 rings (SSSR count). The predicted octanol–water partition coefficient (Wildman–Crippen LogP) is 4.84. The fourth-order valence-electron chi connectivity index (χ4n) is 6.79. The maximum atomic E-state index is 13.2. The second kappa shape index (κ2) is 14.3. The van der Waals surface area contributed by atoms with Crippen molar-refractivity contribution in [1.29, 1.82) is 0 Å². The van der Waals surface area contributed by atoms with Gasteiger partial charge in [0.1, 0.15) is 0 Å². The van der Waals surface area contributed by atoms with Gasteiger partial charge in [0, 0.05) is 118 Å². The first kappa shape index (κ1) is 32.1. The van der Waals surface area contributed by atoms with Crippen LogP contribution in [-0.4, -0.2) is 104 Å². The van der Waals surface area contributed by atoms with E-state index in [1.807, 2.05) is 24.4 Å². The standard InChI is InChI=1S/C38H47N9O/c1-28-4-9-33(40-37(48)30-7-5-29(6-8-30)26-45-20-16-43(2)17-21-45)24-36(28)47-15-14-35-31(27-47)25-39-38(42-35)41-32-10-12-34(13-11-32)46-22-18-44(3)19-23-46/h4-13,24-25H,14-23,26-27H2,1-3H3,(H,40,48)(H,39,41,42). The highest BCUT2D eigenvalue weighted by atomic mass is 16.1. The Labute approximate surface area is 284 Å². The summed E-state index contributed by atoms with van der Waals surface area (Å²) in [5.41, 5.74) is 9.43. The maximum Gasteiger partial charge on any atom is 0.255 e. The van der Waals surface area contributed by atoms with Crippen LogP contribution in [0.3, 0.4) is 0 Å². The van der Waals surface area contributed by atoms with E-state index in [1.54, 1.807) is 0 Å². The number of piperazine rings is 2. The molecule has 0 spiro atoms. The quantitative estimate of drug-likeness (QED) is 0.280. The number of hydrogen-bond donors (Lipinski definition) is 2. The smallest absolute Gasteiger partial charge is 0.255 e. The molecule has 1 aromatic heterocycles. The Bertz CT molecular complexity index is 1710. The minimum absolute atomic E-state index is 0.0951. The van der Waals surface area contributed by atoms with Gasteiger partial charge in [-0.3, -0.25) is 9.69 Å². The molecule has 3 aliphatic rings. The summed E-state index contributed by atoms with van der Waals surface area (Å²) in [6, 6.07) is 22.7. The number of benzene rings is 3. The number of aryl methyl sites for hydroxylation is 1. The Kier molecular flexibility index (Phi) is 9.56. The second-order valence-electron chi connectivity index (χ2n) is 13.5. The molecule has 2 N–H and O–H groups in total. The molecule has 0 radical (unpaired) electrons. The summed E-state index contributed by atoms with van der Waals surface area (Å²) in [4.78, 5) is 34.7. The number of anilines is 5. The summed E-state index contributed by atoms with van der Waals surface area (Å²) in [5.74, 6) is 0.533. The first-order chi connectivity index (χ1) is 23.4. The van der Waals surface area contributed by atoms with Gasteiger partial charge < -0.3 is 30.2 Å². The highest BCUT2D eigenvalue weighted by Gasteiger charge is 2.21. The number of nitrogens with one attached hydrogen (secondary N) is 2. The maximum absolute atomic E-state index is 13.2. The van der Waals surface area contributed by atoms with Gasteiger partial charge in [-0.15, -0.1) is 0 Å². The van der Waals surface area contributed by atoms with Crippen LogP contribution < -0.4 is 20.4 Å². The Balaban J connectivity index is 0.953. The van der Waals surface area contributed by atoms with Gasteiger partial charge >= 0.3 is 0 Å². The molecule has 3 aliphatic heterocycles. The van der Waals surface area contributed by atoms with Crippen LogP contribution in [0.1, 0.15) is 32.7 Å². The number of fused-ring (bicyclic) bond motifs is 1. The Hall–Kier alpha value is -4.51. The van der Waals surface area contributed by atoms with Gasteiger partial charge in [-0.1, -0.05) is 18.2 Å². The summed E-state index contributed by atoms with van der Waals surface area (Å²) in [6.07, 6.45) is 2.77. The normalized spacial score (nSPS) is 17.6. The largest absolute Gasteiger partial charge is 0.369 e. The minimum atomic E-state index is -0.0951. The summed E-state index contributed by atoms with van der Waals surface area (Å²) in [5, 5.41) is 6.52. The van der Waals surface area contributed by atoms with Crippen molar-refractivity contribution in [3.8, 4) is 0 Å². The zero-order chi connectivity index (χ0) is 33.0. The van der Waals surface area contributed by atoms with Gasteiger partial charge in [0.2, 0.25) is 5.95 Å². The number of carbonyl (C=O) groups excluding carboxylic acids is 1. The van der Waals surface area contributed by atoms with Crippen molar-refractivity contribution in [1.82, 2.24) is 24.7 Å². The van der Waals surface area contributed by atoms with Crippen molar-refractivity contribution in [2.24, 2.45) is 0 Å². The number of nitrogens with zero attached hydrogens (tertiary/aromatic N) is 7. The lowest BCUT2D eigenvalue weighted by molar-refractivity contribution is 0.102. The number of likely N-dealkylation sites (N-methyl/N-ethyl adjacent to an activating group) is 2. The van der Waals surface area contributed by atoms with Gasteiger partial charge in [0.05, 0.1) is 5.69 Å². The zero-order valence-corrected chi connectivity index (χ0v) is 28.5. The molecule has 3 aromatic carbocycles. The van der Waals surface area contributed by atoms with E-state index in [-0.39, 0.29) is 5.91 Å². The minimum Gasteiger partial charge on any atom is -0.369 e. The van der Waals surface area contributed by atoms with Crippen LogP contribution in [0.2, 0.25) is 0 Å². The molecule has 2 fully saturated rings. The Morgan fingerprint density at radius 3 is 2.19 bits per heavy atom. The van der Waals surface area contributed by atoms with E-state index < -0.39 is 0 Å². The molecule has 250 valence electrons. The fourth-order valence-corrected chi connectivity index (χ4v) is 6.79. The van der Waals surface area contributed by atoms with E-state index in [9.17, 15) is 4.79 Å². The number of hydrogen-bond acceptors (Lipinski definition) is 9. The van der Waals surface area contributed by atoms with E-state index in [4.69, 9.17) is 4.98 Å². The highest BCUT2D eigenvalue weighted by molar-refractivity contribution is 6.04. The molecule has 10 heteroatoms. The van der Waals surface area contributed by atoms with E-state index >= 15 is 0 Å². The molecule has 1 amide bonds. The number of rotatable bonds is 8. The predicted molar refractivity (Wildman–Crippen MR) is 195 cm³/mol. The molecule has 2 saturated heterocycles. The lowest BCUT2D eigenvalue weighted by Gasteiger charge is -2.34. The Morgan fingerprint density at radius 2 is 1.46 bits per heavy atom. The first-order valence-corrected chi connectivity index (χ1v) is 17.2. The van der Waals surface area contributed by atoms with Crippen LogP contribution in [0.4, 0.5) is 28.7 Å². The first-order valence-electron chi connectivity index (χ1n) is 17.2. The third-order valence-electron chi connectivity index (χ3n) is 9.95. The van der Waals surface area contributed by atoms with Crippen LogP contribution in [0.25, 0.3) is 0 Å². The van der Waals surface area contributed by atoms with Crippen molar-refractivity contribution < 1.29 is 4.79 Å². The van der Waals surface area contributed by atoms with E-state index in [0.717, 1.165) is 107 Å². The molecule has 48 heavy (non-hydrogen) atoms. The number of amides is 1. The van der Waals surface area contributed by atoms with Crippen molar-refractivity contribution in [3.05, 3.63) is 101 Å². The molecule has 4 aromatic rings. The summed E-state index contributed by atoms with van der Waals surface area (Å²) < 4.78 is 0. The molecule has 0 aliphatic carbocycles. The second-order valence-corrected chi connectivity index (χ2v) is 13.5. The third kappa shape index (κ3) is 7.62. The highest BCUT2D eigenvalue weighted by Crippen LogP contribution is 2.30. The lowest BCUT2D eigenvalue weighted by atomic mass is 10.0. The van der Waals surface area contributed by atoms with Gasteiger partial charge in [-0.2, -0.15) is 0 Å². The topological polar surface area (TPSA) is 83.1 Å². The van der Waals surface area contributed by atoms with Gasteiger partial charge in [0.15, 0.2) is 0 Å². The molecule has 0 unspecified atom stereocenters.